The van der Waals surface area contributed by atoms with Crippen LogP contribution in [-0.4, -0.2) is 22.6 Å². The molecule has 0 atom stereocenters. The number of nitrogen functional groups attached to an aromatic ring is 1. The molecule has 0 aliphatic heterocycles. The molecule has 2 N–H and O–H groups in total. The normalized spacial score (nSPS) is 13.4. The molecule has 0 radical (unpaired) electrons. The van der Waals surface area contributed by atoms with E-state index < -0.39 is 15.3 Å². The lowest BCUT2D eigenvalue weighted by atomic mass is 9.93. The monoisotopic (exact) mass is 245 g/mol. The molecule has 0 aromatic carbocycles. The van der Waals surface area contributed by atoms with Gasteiger partial charge in [-0.25, -0.2) is 17.4 Å². The van der Waals surface area contributed by atoms with E-state index in [1.54, 1.807) is 13.8 Å². The fourth-order valence-electron chi connectivity index (χ4n) is 1.33. The van der Waals surface area contributed by atoms with E-state index in [1.807, 2.05) is 20.8 Å². The number of aromatic nitrogens is 2. The highest BCUT2D eigenvalue weighted by Gasteiger charge is 2.29. The molecule has 0 unspecified atom stereocenters. The van der Waals surface area contributed by atoms with Gasteiger partial charge in [-0.1, -0.05) is 20.8 Å². The predicted octanol–water partition coefficient (Wildman–Crippen LogP) is 1.35. The molecule has 1 aromatic heterocycles. The SMILES string of the molecule is CC(C)S(=O)(=O)n1c(C(C)(C)C)cnc1N. The van der Waals surface area contributed by atoms with Gasteiger partial charge in [0.2, 0.25) is 16.0 Å². The van der Waals surface area contributed by atoms with Crippen molar-refractivity contribution in [3.8, 4) is 0 Å². The fourth-order valence-corrected chi connectivity index (χ4v) is 2.66. The van der Waals surface area contributed by atoms with Crippen LogP contribution in [0.2, 0.25) is 0 Å². The molecule has 1 aromatic rings. The molecule has 1 rings (SSSR count). The van der Waals surface area contributed by atoms with Crippen molar-refractivity contribution in [1.82, 2.24) is 8.96 Å². The van der Waals surface area contributed by atoms with Crippen molar-refractivity contribution in [1.29, 1.82) is 0 Å². The van der Waals surface area contributed by atoms with Crippen molar-refractivity contribution in [2.45, 2.75) is 45.3 Å². The molecule has 0 saturated heterocycles. The molecular weight excluding hydrogens is 226 g/mol. The number of nitrogens with zero attached hydrogens (tertiary/aromatic N) is 2. The van der Waals surface area contributed by atoms with Gasteiger partial charge in [-0.05, 0) is 13.8 Å². The highest BCUT2D eigenvalue weighted by molar-refractivity contribution is 7.90. The maximum Gasteiger partial charge on any atom is 0.243 e. The maximum atomic E-state index is 12.1. The van der Waals surface area contributed by atoms with E-state index in [-0.39, 0.29) is 11.4 Å². The number of anilines is 1. The van der Waals surface area contributed by atoms with Crippen LogP contribution < -0.4 is 5.73 Å². The first-order valence-electron chi connectivity index (χ1n) is 5.16. The lowest BCUT2D eigenvalue weighted by Crippen LogP contribution is -2.29. The summed E-state index contributed by atoms with van der Waals surface area (Å²) in [4.78, 5) is 3.89. The quantitative estimate of drug-likeness (QED) is 0.853. The van der Waals surface area contributed by atoms with Gasteiger partial charge in [0.25, 0.3) is 0 Å². The molecule has 92 valence electrons. The third-order valence-electron chi connectivity index (χ3n) is 2.36. The zero-order valence-electron chi connectivity index (χ0n) is 10.4. The van der Waals surface area contributed by atoms with Crippen LogP contribution in [0.5, 0.6) is 0 Å². The summed E-state index contributed by atoms with van der Waals surface area (Å²) in [6.07, 6.45) is 1.52. The second kappa shape index (κ2) is 3.76. The second-order valence-corrected chi connectivity index (χ2v) is 7.45. The zero-order chi connectivity index (χ0) is 12.7. The lowest BCUT2D eigenvalue weighted by molar-refractivity contribution is 0.541. The van der Waals surface area contributed by atoms with Crippen LogP contribution in [0.1, 0.15) is 40.3 Å². The Kier molecular flexibility index (Phi) is 3.06. The fraction of sp³-hybridized carbons (Fsp3) is 0.700. The van der Waals surface area contributed by atoms with Gasteiger partial charge in [0.1, 0.15) is 0 Å². The molecule has 0 fully saturated rings. The third-order valence-corrected chi connectivity index (χ3v) is 4.45. The van der Waals surface area contributed by atoms with Crippen molar-refractivity contribution in [2.75, 3.05) is 5.73 Å². The predicted molar refractivity (Wildman–Crippen MR) is 64.8 cm³/mol. The molecule has 0 aliphatic carbocycles. The first-order valence-corrected chi connectivity index (χ1v) is 6.67. The van der Waals surface area contributed by atoms with Gasteiger partial charge in [0, 0.05) is 5.41 Å². The van der Waals surface area contributed by atoms with Crippen molar-refractivity contribution >= 4 is 16.0 Å². The summed E-state index contributed by atoms with van der Waals surface area (Å²) in [7, 11) is -3.45. The summed E-state index contributed by atoms with van der Waals surface area (Å²) in [5.41, 5.74) is 5.93. The molecule has 5 nitrogen and oxygen atoms in total. The molecular formula is C10H19N3O2S. The van der Waals surface area contributed by atoms with E-state index in [1.165, 1.54) is 6.20 Å². The molecule has 1 heterocycles. The van der Waals surface area contributed by atoms with Crippen molar-refractivity contribution in [3.63, 3.8) is 0 Å². The van der Waals surface area contributed by atoms with Gasteiger partial charge in [-0.15, -0.1) is 0 Å². The van der Waals surface area contributed by atoms with E-state index >= 15 is 0 Å². The Morgan fingerprint density at radius 3 is 2.25 bits per heavy atom. The van der Waals surface area contributed by atoms with Gasteiger partial charge in [0.15, 0.2) is 0 Å². The van der Waals surface area contributed by atoms with Crippen LogP contribution in [-0.2, 0) is 15.4 Å². The summed E-state index contributed by atoms with van der Waals surface area (Å²) >= 11 is 0. The molecule has 0 bridgehead atoms. The topological polar surface area (TPSA) is 78.0 Å². The van der Waals surface area contributed by atoms with Gasteiger partial charge < -0.3 is 5.73 Å². The van der Waals surface area contributed by atoms with Crippen molar-refractivity contribution in [2.24, 2.45) is 0 Å². The number of imidazole rings is 1. The number of rotatable bonds is 2. The summed E-state index contributed by atoms with van der Waals surface area (Å²) < 4.78 is 25.4. The highest BCUT2D eigenvalue weighted by atomic mass is 32.2. The zero-order valence-corrected chi connectivity index (χ0v) is 11.2. The maximum absolute atomic E-state index is 12.1. The Hall–Kier alpha value is -1.04. The smallest absolute Gasteiger partial charge is 0.243 e. The lowest BCUT2D eigenvalue weighted by Gasteiger charge is -2.22. The summed E-state index contributed by atoms with van der Waals surface area (Å²) in [5.74, 6) is 0.0265. The number of hydrogen-bond acceptors (Lipinski definition) is 4. The van der Waals surface area contributed by atoms with Gasteiger partial charge in [-0.3, -0.25) is 0 Å². The van der Waals surface area contributed by atoms with Crippen LogP contribution >= 0.6 is 0 Å². The second-order valence-electron chi connectivity index (χ2n) is 5.11. The van der Waals surface area contributed by atoms with E-state index in [4.69, 9.17) is 5.73 Å². The standard InChI is InChI=1S/C10H19N3O2S/c1-7(2)16(14,15)13-8(10(3,4)5)6-12-9(13)11/h6-7H,1-5H3,(H2,11,12). The molecule has 6 heteroatoms. The first kappa shape index (κ1) is 13.0. The minimum absolute atomic E-state index is 0.0265. The summed E-state index contributed by atoms with van der Waals surface area (Å²) in [6, 6.07) is 0. The molecule has 0 saturated carbocycles. The van der Waals surface area contributed by atoms with Crippen LogP contribution in [0, 0.1) is 0 Å². The van der Waals surface area contributed by atoms with E-state index in [2.05, 4.69) is 4.98 Å². The Morgan fingerprint density at radius 1 is 1.38 bits per heavy atom. The molecule has 0 spiro atoms. The average Bonchev–Trinajstić information content (AvgIpc) is 2.46. The van der Waals surface area contributed by atoms with Crippen molar-refractivity contribution in [3.05, 3.63) is 11.9 Å². The minimum atomic E-state index is -3.45. The van der Waals surface area contributed by atoms with Crippen LogP contribution in [0.3, 0.4) is 0 Å². The Balaban J connectivity index is 3.52. The largest absolute Gasteiger partial charge is 0.368 e. The van der Waals surface area contributed by atoms with Crippen LogP contribution in [0.15, 0.2) is 6.20 Å². The highest BCUT2D eigenvalue weighted by Crippen LogP contribution is 2.26. The third kappa shape index (κ3) is 2.07. The molecule has 0 amide bonds. The summed E-state index contributed by atoms with van der Waals surface area (Å²) in [6.45, 7) is 9.03. The first-order chi connectivity index (χ1) is 7.08. The number of nitrogens with two attached hydrogens (primary N) is 1. The number of hydrogen-bond donors (Lipinski definition) is 1. The van der Waals surface area contributed by atoms with Gasteiger partial charge in [-0.2, -0.15) is 0 Å². The minimum Gasteiger partial charge on any atom is -0.368 e. The van der Waals surface area contributed by atoms with E-state index in [9.17, 15) is 8.42 Å². The molecule has 16 heavy (non-hydrogen) atoms. The van der Waals surface area contributed by atoms with Crippen LogP contribution in [0.4, 0.5) is 5.95 Å². The molecule has 0 aliphatic rings. The van der Waals surface area contributed by atoms with Crippen molar-refractivity contribution < 1.29 is 8.42 Å². The Morgan fingerprint density at radius 2 is 1.88 bits per heavy atom. The van der Waals surface area contributed by atoms with Gasteiger partial charge >= 0.3 is 0 Å². The Bertz CT molecular complexity index is 481. The van der Waals surface area contributed by atoms with E-state index in [0.29, 0.717) is 5.69 Å². The van der Waals surface area contributed by atoms with Crippen LogP contribution in [0.25, 0.3) is 0 Å². The summed E-state index contributed by atoms with van der Waals surface area (Å²) in [5, 5.41) is -0.523. The average molecular weight is 245 g/mol. The van der Waals surface area contributed by atoms with E-state index in [0.717, 1.165) is 3.97 Å². The van der Waals surface area contributed by atoms with Gasteiger partial charge in [0.05, 0.1) is 17.1 Å². The Labute approximate surface area is 96.7 Å².